The van der Waals surface area contributed by atoms with E-state index < -0.39 is 0 Å². The normalized spacial score (nSPS) is 12.5. The molecule has 0 radical (unpaired) electrons. The van der Waals surface area contributed by atoms with Gasteiger partial charge in [0.2, 0.25) is 0 Å². The van der Waals surface area contributed by atoms with E-state index >= 15 is 0 Å². The van der Waals surface area contributed by atoms with Gasteiger partial charge in [0, 0.05) is 0 Å². The molecule has 0 bridgehead atoms. The first-order chi connectivity index (χ1) is 11.8. The van der Waals surface area contributed by atoms with Gasteiger partial charge in [-0.3, -0.25) is 0 Å². The zero-order chi connectivity index (χ0) is 17.5. The van der Waals surface area contributed by atoms with Crippen LogP contribution in [0.1, 0.15) is 85.0 Å². The SMILES string of the molecule is CCCCCCC=COc1ccccc1OC(C)CCCCCC. The Bertz CT molecular complexity index is 439. The molecule has 1 atom stereocenters. The summed E-state index contributed by atoms with van der Waals surface area (Å²) in [4.78, 5) is 0. The molecule has 0 amide bonds. The van der Waals surface area contributed by atoms with E-state index in [9.17, 15) is 0 Å². The predicted molar refractivity (Wildman–Crippen MR) is 104 cm³/mol. The van der Waals surface area contributed by atoms with Gasteiger partial charge in [0.15, 0.2) is 11.5 Å². The molecule has 0 aromatic heterocycles. The first-order valence-electron chi connectivity index (χ1n) is 9.85. The Balaban J connectivity index is 2.36. The minimum Gasteiger partial charge on any atom is -0.487 e. The van der Waals surface area contributed by atoms with Gasteiger partial charge >= 0.3 is 0 Å². The van der Waals surface area contributed by atoms with Crippen LogP contribution in [0.25, 0.3) is 0 Å². The van der Waals surface area contributed by atoms with Gasteiger partial charge in [0.25, 0.3) is 0 Å². The van der Waals surface area contributed by atoms with Crippen molar-refractivity contribution in [2.45, 2.75) is 91.1 Å². The van der Waals surface area contributed by atoms with Crippen molar-refractivity contribution in [1.29, 1.82) is 0 Å². The Morgan fingerprint density at radius 1 is 0.875 bits per heavy atom. The highest BCUT2D eigenvalue weighted by Gasteiger charge is 2.08. The standard InChI is InChI=1S/C22H36O2/c1-4-6-8-10-11-15-19-23-21-17-13-14-18-22(21)24-20(3)16-12-9-7-5-2/h13-15,17-20H,4-12,16H2,1-3H3. The van der Waals surface area contributed by atoms with Crippen molar-refractivity contribution in [3.05, 3.63) is 36.6 Å². The zero-order valence-corrected chi connectivity index (χ0v) is 15.9. The number of benzene rings is 1. The second kappa shape index (κ2) is 13.9. The van der Waals surface area contributed by atoms with E-state index in [2.05, 4.69) is 26.8 Å². The largest absolute Gasteiger partial charge is 0.487 e. The highest BCUT2D eigenvalue weighted by molar-refractivity contribution is 5.40. The maximum absolute atomic E-state index is 6.08. The van der Waals surface area contributed by atoms with Crippen LogP contribution in [0.4, 0.5) is 0 Å². The van der Waals surface area contributed by atoms with Gasteiger partial charge in [-0.15, -0.1) is 0 Å². The number of rotatable bonds is 14. The minimum atomic E-state index is 0.227. The molecule has 136 valence electrons. The second-order valence-electron chi connectivity index (χ2n) is 6.56. The molecule has 0 aliphatic carbocycles. The number of hydrogen-bond acceptors (Lipinski definition) is 2. The van der Waals surface area contributed by atoms with Crippen LogP contribution in [0.3, 0.4) is 0 Å². The molecular formula is C22H36O2. The van der Waals surface area contributed by atoms with Crippen LogP contribution in [0.5, 0.6) is 11.5 Å². The van der Waals surface area contributed by atoms with Crippen molar-refractivity contribution in [3.63, 3.8) is 0 Å². The van der Waals surface area contributed by atoms with Crippen molar-refractivity contribution in [2.75, 3.05) is 0 Å². The van der Waals surface area contributed by atoms with Crippen LogP contribution in [0.15, 0.2) is 36.6 Å². The highest BCUT2D eigenvalue weighted by atomic mass is 16.5. The molecule has 1 unspecified atom stereocenters. The Labute approximate surface area is 149 Å². The van der Waals surface area contributed by atoms with E-state index in [-0.39, 0.29) is 6.10 Å². The van der Waals surface area contributed by atoms with Gasteiger partial charge < -0.3 is 9.47 Å². The van der Waals surface area contributed by atoms with Crippen LogP contribution in [0.2, 0.25) is 0 Å². The Morgan fingerprint density at radius 3 is 2.25 bits per heavy atom. The number of hydrogen-bond donors (Lipinski definition) is 0. The first-order valence-corrected chi connectivity index (χ1v) is 9.85. The predicted octanol–water partition coefficient (Wildman–Crippen LogP) is 7.29. The third-order valence-electron chi connectivity index (χ3n) is 4.16. The lowest BCUT2D eigenvalue weighted by molar-refractivity contribution is 0.199. The van der Waals surface area contributed by atoms with E-state index in [1.165, 1.54) is 51.4 Å². The maximum Gasteiger partial charge on any atom is 0.168 e. The molecule has 1 aromatic carbocycles. The number of ether oxygens (including phenoxy) is 2. The fraction of sp³-hybridized carbons (Fsp3) is 0.636. The monoisotopic (exact) mass is 332 g/mol. The molecule has 1 aromatic rings. The summed E-state index contributed by atoms with van der Waals surface area (Å²) in [6.07, 6.45) is 16.6. The molecular weight excluding hydrogens is 296 g/mol. The molecule has 0 heterocycles. The number of para-hydroxylation sites is 2. The van der Waals surface area contributed by atoms with Crippen LogP contribution in [-0.4, -0.2) is 6.10 Å². The van der Waals surface area contributed by atoms with E-state index in [4.69, 9.17) is 9.47 Å². The molecule has 0 aliphatic heterocycles. The molecule has 2 nitrogen and oxygen atoms in total. The first kappa shape index (κ1) is 20.6. The summed E-state index contributed by atoms with van der Waals surface area (Å²) in [5.74, 6) is 1.65. The van der Waals surface area contributed by atoms with Crippen LogP contribution in [-0.2, 0) is 0 Å². The topological polar surface area (TPSA) is 18.5 Å². The van der Waals surface area contributed by atoms with E-state index in [1.54, 1.807) is 6.26 Å². The van der Waals surface area contributed by atoms with Crippen molar-refractivity contribution in [3.8, 4) is 11.5 Å². The van der Waals surface area contributed by atoms with Crippen molar-refractivity contribution >= 4 is 0 Å². The molecule has 0 N–H and O–H groups in total. The van der Waals surface area contributed by atoms with Crippen molar-refractivity contribution in [1.82, 2.24) is 0 Å². The van der Waals surface area contributed by atoms with Gasteiger partial charge in [-0.1, -0.05) is 64.5 Å². The summed E-state index contributed by atoms with van der Waals surface area (Å²) in [5, 5.41) is 0. The number of unbranched alkanes of at least 4 members (excludes halogenated alkanes) is 7. The molecule has 0 fully saturated rings. The third-order valence-corrected chi connectivity index (χ3v) is 4.16. The summed E-state index contributed by atoms with van der Waals surface area (Å²) in [5.41, 5.74) is 0. The van der Waals surface area contributed by atoms with E-state index in [1.807, 2.05) is 24.3 Å². The van der Waals surface area contributed by atoms with Crippen LogP contribution in [0, 0.1) is 0 Å². The lowest BCUT2D eigenvalue weighted by atomic mass is 10.1. The molecule has 2 heteroatoms. The molecule has 0 saturated heterocycles. The summed E-state index contributed by atoms with van der Waals surface area (Å²) in [7, 11) is 0. The Hall–Kier alpha value is -1.44. The summed E-state index contributed by atoms with van der Waals surface area (Å²) < 4.78 is 11.9. The van der Waals surface area contributed by atoms with Gasteiger partial charge in [-0.25, -0.2) is 0 Å². The smallest absolute Gasteiger partial charge is 0.168 e. The quantitative estimate of drug-likeness (QED) is 0.263. The summed E-state index contributed by atoms with van der Waals surface area (Å²) >= 11 is 0. The zero-order valence-electron chi connectivity index (χ0n) is 15.9. The molecule has 0 aliphatic rings. The third kappa shape index (κ3) is 9.64. The van der Waals surface area contributed by atoms with E-state index in [0.29, 0.717) is 0 Å². The van der Waals surface area contributed by atoms with Gasteiger partial charge in [-0.05, 0) is 50.8 Å². The molecule has 1 rings (SSSR count). The molecule has 0 saturated carbocycles. The van der Waals surface area contributed by atoms with Gasteiger partial charge in [0.1, 0.15) is 0 Å². The fourth-order valence-electron chi connectivity index (χ4n) is 2.66. The lowest BCUT2D eigenvalue weighted by Crippen LogP contribution is -2.12. The molecule has 0 spiro atoms. The molecule has 24 heavy (non-hydrogen) atoms. The van der Waals surface area contributed by atoms with Crippen LogP contribution < -0.4 is 9.47 Å². The number of allylic oxidation sites excluding steroid dienone is 1. The summed E-state index contributed by atoms with van der Waals surface area (Å²) in [6, 6.07) is 7.96. The van der Waals surface area contributed by atoms with Crippen LogP contribution >= 0.6 is 0 Å². The van der Waals surface area contributed by atoms with Crippen molar-refractivity contribution in [2.24, 2.45) is 0 Å². The fourth-order valence-corrected chi connectivity index (χ4v) is 2.66. The second-order valence-corrected chi connectivity index (χ2v) is 6.56. The maximum atomic E-state index is 6.08. The lowest BCUT2D eigenvalue weighted by Gasteiger charge is -2.16. The van der Waals surface area contributed by atoms with Crippen molar-refractivity contribution < 1.29 is 9.47 Å². The minimum absolute atomic E-state index is 0.227. The average Bonchev–Trinajstić information content (AvgIpc) is 2.59. The van der Waals surface area contributed by atoms with Gasteiger partial charge in [-0.2, -0.15) is 0 Å². The Morgan fingerprint density at radius 2 is 1.54 bits per heavy atom. The summed E-state index contributed by atoms with van der Waals surface area (Å²) in [6.45, 7) is 6.62. The highest BCUT2D eigenvalue weighted by Crippen LogP contribution is 2.28. The van der Waals surface area contributed by atoms with E-state index in [0.717, 1.165) is 24.3 Å². The van der Waals surface area contributed by atoms with Gasteiger partial charge in [0.05, 0.1) is 12.4 Å². The Kier molecular flexibility index (Phi) is 12.0. The average molecular weight is 333 g/mol.